The first-order chi connectivity index (χ1) is 24.3. The van der Waals surface area contributed by atoms with Crippen LogP contribution in [-0.2, 0) is 50.9 Å². The van der Waals surface area contributed by atoms with Crippen LogP contribution in [0.15, 0.2) is 54.6 Å². The van der Waals surface area contributed by atoms with Gasteiger partial charge in [0.2, 0.25) is 0 Å². The molecule has 49 heavy (non-hydrogen) atoms. The van der Waals surface area contributed by atoms with Gasteiger partial charge in [0.15, 0.2) is 0 Å². The predicted octanol–water partition coefficient (Wildman–Crippen LogP) is 6.01. The van der Waals surface area contributed by atoms with Crippen molar-refractivity contribution in [2.24, 2.45) is 0 Å². The minimum Gasteiger partial charge on any atom is -0.491 e. The van der Waals surface area contributed by atoms with Crippen molar-refractivity contribution in [3.8, 4) is 5.75 Å². The molecule has 0 aliphatic rings. The summed E-state index contributed by atoms with van der Waals surface area (Å²) < 4.78 is 49.4. The van der Waals surface area contributed by atoms with Crippen molar-refractivity contribution in [2.45, 2.75) is 58.5 Å². The topological polar surface area (TPSA) is 112 Å². The highest BCUT2D eigenvalue weighted by Gasteiger charge is 2.02. The fourth-order valence-electron chi connectivity index (χ4n) is 4.50. The van der Waals surface area contributed by atoms with E-state index in [-0.39, 0.29) is 6.61 Å². The monoisotopic (exact) mass is 691 g/mol. The molecule has 0 saturated carbocycles. The number of nitrogens with one attached hydrogen (secondary N) is 1. The molecule has 0 spiro atoms. The fourth-order valence-corrected chi connectivity index (χ4v) is 4.50. The smallest absolute Gasteiger partial charge is 0.407 e. The third-order valence-corrected chi connectivity index (χ3v) is 7.20. The van der Waals surface area contributed by atoms with Crippen LogP contribution in [0.4, 0.5) is 4.79 Å². The number of hydrogen-bond donors (Lipinski definition) is 1. The van der Waals surface area contributed by atoms with E-state index in [1.807, 2.05) is 42.5 Å². The summed E-state index contributed by atoms with van der Waals surface area (Å²) in [6, 6.07) is 17.9. The molecule has 0 bridgehead atoms. The van der Waals surface area contributed by atoms with Crippen molar-refractivity contribution in [1.29, 1.82) is 0 Å². The molecule has 0 saturated heterocycles. The normalized spacial score (nSPS) is 11.1. The van der Waals surface area contributed by atoms with E-state index in [4.69, 9.17) is 42.6 Å². The Morgan fingerprint density at radius 1 is 0.510 bits per heavy atom. The van der Waals surface area contributed by atoms with E-state index in [1.54, 1.807) is 0 Å². The molecule has 0 aromatic heterocycles. The number of carbonyl (C=O) groups excluding carboxylic acids is 1. The van der Waals surface area contributed by atoms with E-state index in [2.05, 4.69) is 24.4 Å². The van der Waals surface area contributed by atoms with Crippen molar-refractivity contribution in [1.82, 2.24) is 5.32 Å². The number of unbranched alkanes of at least 4 members (excludes halogenated alkanes) is 5. The van der Waals surface area contributed by atoms with Crippen molar-refractivity contribution in [3.05, 3.63) is 65.7 Å². The summed E-state index contributed by atoms with van der Waals surface area (Å²) in [6.07, 6.45) is 8.61. The molecule has 0 radical (unpaired) electrons. The van der Waals surface area contributed by atoms with Gasteiger partial charge in [0.25, 0.3) is 0 Å². The lowest BCUT2D eigenvalue weighted by molar-refractivity contribution is -0.0211. The summed E-state index contributed by atoms with van der Waals surface area (Å²) in [4.78, 5) is 11.7. The maximum Gasteiger partial charge on any atom is 0.407 e. The molecule has 11 nitrogen and oxygen atoms in total. The Morgan fingerprint density at radius 2 is 0.980 bits per heavy atom. The second-order valence-electron chi connectivity index (χ2n) is 11.3. The molecule has 0 unspecified atom stereocenters. The number of benzene rings is 2. The standard InChI is InChI=1S/C38H61NO10/c1-2-3-4-5-6-8-11-35-14-16-37(17-15-35)48-33-32-47-31-30-46-29-28-45-27-26-44-25-24-43-23-22-42-21-20-41-19-18-39-38(40)49-34-36-12-9-7-10-13-36/h7,9-10,12-17H,2-6,8,11,18-34H2,1H3,(H,39,40). The van der Waals surface area contributed by atoms with Crippen molar-refractivity contribution in [2.75, 3.05) is 106 Å². The van der Waals surface area contributed by atoms with Gasteiger partial charge < -0.3 is 47.9 Å². The van der Waals surface area contributed by atoms with E-state index >= 15 is 0 Å². The van der Waals surface area contributed by atoms with Gasteiger partial charge in [-0.2, -0.15) is 0 Å². The third kappa shape index (κ3) is 26.7. The van der Waals surface area contributed by atoms with Gasteiger partial charge >= 0.3 is 6.09 Å². The average Bonchev–Trinajstić information content (AvgIpc) is 3.13. The number of aryl methyl sites for hydroxylation is 1. The predicted molar refractivity (Wildman–Crippen MR) is 189 cm³/mol. The number of ether oxygens (including phenoxy) is 9. The summed E-state index contributed by atoms with van der Waals surface area (Å²) in [5.74, 6) is 0.881. The van der Waals surface area contributed by atoms with Gasteiger partial charge in [-0.15, -0.1) is 0 Å². The summed E-state index contributed by atoms with van der Waals surface area (Å²) >= 11 is 0. The number of hydrogen-bond acceptors (Lipinski definition) is 10. The highest BCUT2D eigenvalue weighted by molar-refractivity contribution is 5.67. The minimum atomic E-state index is -0.465. The summed E-state index contributed by atoms with van der Waals surface area (Å²) in [5.41, 5.74) is 2.32. The largest absolute Gasteiger partial charge is 0.491 e. The first kappa shape index (κ1) is 42.4. The van der Waals surface area contributed by atoms with Crippen LogP contribution >= 0.6 is 0 Å². The molecule has 2 aromatic carbocycles. The van der Waals surface area contributed by atoms with Crippen LogP contribution in [0.2, 0.25) is 0 Å². The molecule has 11 heteroatoms. The Labute approximate surface area is 294 Å². The van der Waals surface area contributed by atoms with Crippen LogP contribution in [0, 0.1) is 0 Å². The SMILES string of the molecule is CCCCCCCCc1ccc(OCCOCCOCCOCCOCCOCCOCCOCCNC(=O)OCc2ccccc2)cc1. The molecule has 0 heterocycles. The molecule has 0 aliphatic heterocycles. The molecule has 2 aromatic rings. The molecule has 1 amide bonds. The lowest BCUT2D eigenvalue weighted by atomic mass is 10.0. The first-order valence-corrected chi connectivity index (χ1v) is 18.0. The maximum absolute atomic E-state index is 11.7. The summed E-state index contributed by atoms with van der Waals surface area (Å²) in [6.45, 7) is 10.2. The Morgan fingerprint density at radius 3 is 1.51 bits per heavy atom. The Kier molecular flexibility index (Phi) is 28.1. The lowest BCUT2D eigenvalue weighted by Gasteiger charge is -2.09. The molecule has 0 aliphatic carbocycles. The second-order valence-corrected chi connectivity index (χ2v) is 11.3. The number of alkyl carbamates (subject to hydrolysis) is 1. The second kappa shape index (κ2) is 32.4. The minimum absolute atomic E-state index is 0.241. The van der Waals surface area contributed by atoms with Gasteiger partial charge in [-0.1, -0.05) is 81.5 Å². The van der Waals surface area contributed by atoms with Crippen LogP contribution in [-0.4, -0.2) is 112 Å². The number of rotatable bonds is 34. The maximum atomic E-state index is 11.7. The zero-order chi connectivity index (χ0) is 34.7. The van der Waals surface area contributed by atoms with Crippen LogP contribution in [0.25, 0.3) is 0 Å². The Balaban J connectivity index is 1.20. The Bertz CT molecular complexity index is 996. The fraction of sp³-hybridized carbons (Fsp3) is 0.658. The number of amides is 1. The van der Waals surface area contributed by atoms with Crippen LogP contribution in [0.5, 0.6) is 5.75 Å². The molecule has 1 N–H and O–H groups in total. The van der Waals surface area contributed by atoms with Gasteiger partial charge in [-0.3, -0.25) is 0 Å². The Hall–Kier alpha value is -2.77. The summed E-state index contributed by atoms with van der Waals surface area (Å²) in [5, 5.41) is 2.65. The third-order valence-electron chi connectivity index (χ3n) is 7.20. The van der Waals surface area contributed by atoms with Gasteiger partial charge in [0.05, 0.1) is 92.5 Å². The van der Waals surface area contributed by atoms with Gasteiger partial charge in [-0.25, -0.2) is 4.79 Å². The highest BCUT2D eigenvalue weighted by Crippen LogP contribution is 2.15. The van der Waals surface area contributed by atoms with Crippen LogP contribution in [0.3, 0.4) is 0 Å². The molecule has 278 valence electrons. The lowest BCUT2D eigenvalue weighted by Crippen LogP contribution is -2.28. The highest BCUT2D eigenvalue weighted by atomic mass is 16.6. The molecule has 2 rings (SSSR count). The van der Waals surface area contributed by atoms with Crippen LogP contribution in [0.1, 0.15) is 56.6 Å². The van der Waals surface area contributed by atoms with Crippen molar-refractivity contribution in [3.63, 3.8) is 0 Å². The molecular formula is C38H61NO10. The van der Waals surface area contributed by atoms with Gasteiger partial charge in [0, 0.05) is 6.54 Å². The van der Waals surface area contributed by atoms with Crippen molar-refractivity contribution >= 4 is 6.09 Å². The van der Waals surface area contributed by atoms with E-state index in [0.717, 1.165) is 17.7 Å². The molecule has 0 atom stereocenters. The average molecular weight is 692 g/mol. The zero-order valence-corrected chi connectivity index (χ0v) is 29.7. The number of carbonyl (C=O) groups is 1. The van der Waals surface area contributed by atoms with E-state index < -0.39 is 6.09 Å². The zero-order valence-electron chi connectivity index (χ0n) is 29.7. The quantitative estimate of drug-likeness (QED) is 0.0876. The summed E-state index contributed by atoms with van der Waals surface area (Å²) in [7, 11) is 0. The van der Waals surface area contributed by atoms with Gasteiger partial charge in [0.1, 0.15) is 19.0 Å². The molecule has 0 fully saturated rings. The van der Waals surface area contributed by atoms with Crippen molar-refractivity contribution < 1.29 is 47.4 Å². The molecular weight excluding hydrogens is 630 g/mol. The van der Waals surface area contributed by atoms with E-state index in [0.29, 0.717) is 106 Å². The first-order valence-electron chi connectivity index (χ1n) is 18.0. The van der Waals surface area contributed by atoms with Gasteiger partial charge in [-0.05, 0) is 36.1 Å². The van der Waals surface area contributed by atoms with E-state index in [9.17, 15) is 4.79 Å². The van der Waals surface area contributed by atoms with Crippen LogP contribution < -0.4 is 10.1 Å². The van der Waals surface area contributed by atoms with E-state index in [1.165, 1.54) is 44.1 Å².